The van der Waals surface area contributed by atoms with Gasteiger partial charge in [0.1, 0.15) is 12.0 Å². The number of rotatable bonds is 8. The van der Waals surface area contributed by atoms with Crippen LogP contribution in [-0.4, -0.2) is 34.8 Å². The molecule has 1 aliphatic carbocycles. The van der Waals surface area contributed by atoms with Gasteiger partial charge in [0, 0.05) is 19.0 Å². The molecule has 1 fully saturated rings. The lowest BCUT2D eigenvalue weighted by atomic mass is 9.87. The van der Waals surface area contributed by atoms with E-state index < -0.39 is 0 Å². The SMILES string of the molecule is C=CCNC(=O)c1coc(COc2ccc3c(c2)C(c2ccccc2)N(C(=O)C2CCCC2)CC3)n1. The van der Waals surface area contributed by atoms with Crippen molar-refractivity contribution in [3.05, 3.63) is 95.7 Å². The number of ether oxygens (including phenoxy) is 1. The maximum Gasteiger partial charge on any atom is 0.273 e. The minimum atomic E-state index is -0.323. The number of benzene rings is 2. The lowest BCUT2D eigenvalue weighted by Crippen LogP contribution is -2.43. The van der Waals surface area contributed by atoms with Gasteiger partial charge in [-0.2, -0.15) is 0 Å². The minimum Gasteiger partial charge on any atom is -0.484 e. The van der Waals surface area contributed by atoms with Gasteiger partial charge < -0.3 is 19.4 Å². The Hall–Kier alpha value is -3.87. The smallest absolute Gasteiger partial charge is 0.273 e. The third-order valence-electron chi connectivity index (χ3n) is 7.00. The van der Waals surface area contributed by atoms with E-state index in [1.54, 1.807) is 6.08 Å². The summed E-state index contributed by atoms with van der Waals surface area (Å²) < 4.78 is 11.4. The van der Waals surface area contributed by atoms with E-state index in [0.29, 0.717) is 18.2 Å². The summed E-state index contributed by atoms with van der Waals surface area (Å²) in [7, 11) is 0. The fourth-order valence-corrected chi connectivity index (χ4v) is 5.20. The van der Waals surface area contributed by atoms with Crippen molar-refractivity contribution in [2.45, 2.75) is 44.8 Å². The fraction of sp³-hybridized carbons (Fsp3) is 0.345. The van der Waals surface area contributed by atoms with Crippen molar-refractivity contribution >= 4 is 11.8 Å². The third-order valence-corrected chi connectivity index (χ3v) is 7.00. The molecule has 2 heterocycles. The van der Waals surface area contributed by atoms with Crippen LogP contribution in [0.25, 0.3) is 0 Å². The summed E-state index contributed by atoms with van der Waals surface area (Å²) in [5.74, 6) is 1.05. The van der Waals surface area contributed by atoms with Crippen LogP contribution in [0.15, 0.2) is 71.9 Å². The molecule has 5 rings (SSSR count). The average molecular weight is 486 g/mol. The van der Waals surface area contributed by atoms with E-state index in [2.05, 4.69) is 40.0 Å². The highest BCUT2D eigenvalue weighted by Gasteiger charge is 2.36. The predicted molar refractivity (Wildman–Crippen MR) is 135 cm³/mol. The number of amides is 2. The molecule has 1 aromatic heterocycles. The van der Waals surface area contributed by atoms with Crippen molar-refractivity contribution in [1.29, 1.82) is 0 Å². The molecule has 7 nitrogen and oxygen atoms in total. The number of nitrogens with one attached hydrogen (secondary N) is 1. The Morgan fingerprint density at radius 1 is 1.17 bits per heavy atom. The second-order valence-electron chi connectivity index (χ2n) is 9.35. The Morgan fingerprint density at radius 3 is 2.75 bits per heavy atom. The number of hydrogen-bond acceptors (Lipinski definition) is 5. The predicted octanol–water partition coefficient (Wildman–Crippen LogP) is 4.83. The maximum absolute atomic E-state index is 13.5. The summed E-state index contributed by atoms with van der Waals surface area (Å²) >= 11 is 0. The summed E-state index contributed by atoms with van der Waals surface area (Å²) in [6.45, 7) is 4.75. The first-order valence-electron chi connectivity index (χ1n) is 12.6. The summed E-state index contributed by atoms with van der Waals surface area (Å²) in [5, 5.41) is 2.67. The Balaban J connectivity index is 1.37. The van der Waals surface area contributed by atoms with E-state index in [9.17, 15) is 9.59 Å². The lowest BCUT2D eigenvalue weighted by Gasteiger charge is -2.39. The molecule has 1 aliphatic heterocycles. The number of aromatic nitrogens is 1. The van der Waals surface area contributed by atoms with Gasteiger partial charge in [0.25, 0.3) is 5.91 Å². The molecule has 2 aliphatic rings. The molecule has 1 saturated carbocycles. The van der Waals surface area contributed by atoms with Crippen molar-refractivity contribution in [2.24, 2.45) is 5.92 Å². The first-order valence-corrected chi connectivity index (χ1v) is 12.6. The van der Waals surface area contributed by atoms with Gasteiger partial charge in [0.2, 0.25) is 11.8 Å². The topological polar surface area (TPSA) is 84.7 Å². The third kappa shape index (κ3) is 5.05. The van der Waals surface area contributed by atoms with Crippen molar-refractivity contribution < 1.29 is 18.7 Å². The molecule has 0 spiro atoms. The van der Waals surface area contributed by atoms with E-state index in [0.717, 1.165) is 49.8 Å². The van der Waals surface area contributed by atoms with Crippen LogP contribution in [0.4, 0.5) is 0 Å². The summed E-state index contributed by atoms with van der Waals surface area (Å²) in [6.07, 6.45) is 7.97. The standard InChI is InChI=1S/C29H31N3O4/c1-2-15-30-28(33)25-18-36-26(31-25)19-35-23-13-12-20-14-16-32(29(34)22-10-6-7-11-22)27(24(20)17-23)21-8-4-3-5-9-21/h2-5,8-9,12-13,17-18,22,27H,1,6-7,10-11,14-16,19H2,(H,30,33). The van der Waals surface area contributed by atoms with Crippen molar-refractivity contribution in [2.75, 3.05) is 13.1 Å². The summed E-state index contributed by atoms with van der Waals surface area (Å²) in [4.78, 5) is 31.9. The van der Waals surface area contributed by atoms with Crippen LogP contribution in [-0.2, 0) is 17.8 Å². The van der Waals surface area contributed by atoms with Crippen LogP contribution < -0.4 is 10.1 Å². The van der Waals surface area contributed by atoms with Crippen LogP contribution in [0, 0.1) is 5.92 Å². The zero-order chi connectivity index (χ0) is 24.9. The van der Waals surface area contributed by atoms with E-state index >= 15 is 0 Å². The van der Waals surface area contributed by atoms with E-state index in [1.165, 1.54) is 11.8 Å². The fourth-order valence-electron chi connectivity index (χ4n) is 5.20. The lowest BCUT2D eigenvalue weighted by molar-refractivity contribution is -0.137. The van der Waals surface area contributed by atoms with Crippen LogP contribution >= 0.6 is 0 Å². The average Bonchev–Trinajstić information content (AvgIpc) is 3.63. The maximum atomic E-state index is 13.5. The van der Waals surface area contributed by atoms with Crippen molar-refractivity contribution in [3.63, 3.8) is 0 Å². The van der Waals surface area contributed by atoms with Crippen LogP contribution in [0.5, 0.6) is 5.75 Å². The second kappa shape index (κ2) is 10.8. The Bertz CT molecular complexity index is 1230. The molecular formula is C29H31N3O4. The highest BCUT2D eigenvalue weighted by Crippen LogP contribution is 2.39. The second-order valence-corrected chi connectivity index (χ2v) is 9.35. The van der Waals surface area contributed by atoms with Crippen LogP contribution in [0.2, 0.25) is 0 Å². The number of nitrogens with zero attached hydrogens (tertiary/aromatic N) is 2. The normalized spacial score (nSPS) is 17.4. The molecule has 36 heavy (non-hydrogen) atoms. The van der Waals surface area contributed by atoms with Gasteiger partial charge in [0.15, 0.2) is 12.3 Å². The van der Waals surface area contributed by atoms with Gasteiger partial charge in [-0.3, -0.25) is 9.59 Å². The molecule has 1 atom stereocenters. The zero-order valence-corrected chi connectivity index (χ0v) is 20.3. The molecular weight excluding hydrogens is 454 g/mol. The molecule has 1 unspecified atom stereocenters. The molecule has 0 bridgehead atoms. The first kappa shape index (κ1) is 23.9. The van der Waals surface area contributed by atoms with Gasteiger partial charge in [-0.25, -0.2) is 4.98 Å². The molecule has 2 amide bonds. The highest BCUT2D eigenvalue weighted by atomic mass is 16.5. The van der Waals surface area contributed by atoms with Gasteiger partial charge in [-0.15, -0.1) is 6.58 Å². The first-order chi connectivity index (χ1) is 17.6. The quantitative estimate of drug-likeness (QED) is 0.462. The Labute approximate surface area is 211 Å². The molecule has 0 saturated heterocycles. The molecule has 1 N–H and O–H groups in total. The molecule has 2 aromatic carbocycles. The van der Waals surface area contributed by atoms with Gasteiger partial charge in [0.05, 0.1) is 6.04 Å². The van der Waals surface area contributed by atoms with E-state index in [-0.39, 0.29) is 36.1 Å². The summed E-state index contributed by atoms with van der Waals surface area (Å²) in [5.41, 5.74) is 3.62. The monoisotopic (exact) mass is 485 g/mol. The zero-order valence-electron chi connectivity index (χ0n) is 20.3. The molecule has 0 radical (unpaired) electrons. The molecule has 186 valence electrons. The number of carbonyl (C=O) groups excluding carboxylic acids is 2. The van der Waals surface area contributed by atoms with E-state index in [1.807, 2.05) is 30.3 Å². The number of oxazole rings is 1. The molecule has 7 heteroatoms. The van der Waals surface area contributed by atoms with Gasteiger partial charge >= 0.3 is 0 Å². The van der Waals surface area contributed by atoms with Gasteiger partial charge in [-0.1, -0.05) is 55.3 Å². The number of carbonyl (C=O) groups is 2. The minimum absolute atomic E-state index is 0.0915. The van der Waals surface area contributed by atoms with Crippen LogP contribution in [0.1, 0.15) is 64.8 Å². The van der Waals surface area contributed by atoms with E-state index in [4.69, 9.17) is 9.15 Å². The Morgan fingerprint density at radius 2 is 1.97 bits per heavy atom. The number of hydrogen-bond donors (Lipinski definition) is 1. The highest BCUT2D eigenvalue weighted by molar-refractivity contribution is 5.91. The number of fused-ring (bicyclic) bond motifs is 1. The largest absolute Gasteiger partial charge is 0.484 e. The Kier molecular flexibility index (Phi) is 7.16. The van der Waals surface area contributed by atoms with Crippen molar-refractivity contribution in [3.8, 4) is 5.75 Å². The molecule has 3 aromatic rings. The summed E-state index contributed by atoms with van der Waals surface area (Å²) in [6, 6.07) is 16.1. The van der Waals surface area contributed by atoms with Crippen molar-refractivity contribution in [1.82, 2.24) is 15.2 Å². The van der Waals surface area contributed by atoms with Gasteiger partial charge in [-0.05, 0) is 48.1 Å². The van der Waals surface area contributed by atoms with Crippen LogP contribution in [0.3, 0.4) is 0 Å².